The summed E-state index contributed by atoms with van der Waals surface area (Å²) in [6.07, 6.45) is 0. The van der Waals surface area contributed by atoms with E-state index in [9.17, 15) is 24.0 Å². The number of hydrogen-bond donors (Lipinski definition) is 0. The minimum absolute atomic E-state index is 0.199. The van der Waals surface area contributed by atoms with Crippen LogP contribution in [0.1, 0.15) is 17.0 Å². The van der Waals surface area contributed by atoms with E-state index in [1.54, 1.807) is 24.3 Å². The zero-order valence-corrected chi connectivity index (χ0v) is 20.4. The third-order valence-corrected chi connectivity index (χ3v) is 7.35. The van der Waals surface area contributed by atoms with Crippen LogP contribution in [0.15, 0.2) is 59.7 Å². The number of rotatable bonds is 4. The molecule has 0 spiro atoms. The molecule has 0 aromatic heterocycles. The summed E-state index contributed by atoms with van der Waals surface area (Å²) in [6.45, 7) is 0. The van der Waals surface area contributed by atoms with Crippen LogP contribution in [-0.4, -0.2) is 58.1 Å². The maximum atomic E-state index is 13.9. The predicted molar refractivity (Wildman–Crippen MR) is 129 cm³/mol. The first kappa shape index (κ1) is 24.2. The van der Waals surface area contributed by atoms with E-state index >= 15 is 0 Å². The van der Waals surface area contributed by atoms with Crippen LogP contribution >= 0.6 is 0 Å². The van der Waals surface area contributed by atoms with Crippen LogP contribution in [0.3, 0.4) is 0 Å². The van der Waals surface area contributed by atoms with Gasteiger partial charge in [0.15, 0.2) is 5.78 Å². The van der Waals surface area contributed by atoms with Crippen LogP contribution in [0.5, 0.6) is 0 Å². The lowest BCUT2D eigenvalue weighted by Crippen LogP contribution is -2.47. The quantitative estimate of drug-likeness (QED) is 0.174. The van der Waals surface area contributed by atoms with E-state index in [0.717, 1.165) is 33.8 Å². The third-order valence-electron chi connectivity index (χ3n) is 7.35. The average molecular weight is 502 g/mol. The molecule has 0 heterocycles. The Labute approximate surface area is 210 Å². The molecule has 0 unspecified atom stereocenters. The minimum Gasteiger partial charge on any atom is -0.468 e. The van der Waals surface area contributed by atoms with E-state index in [4.69, 9.17) is 18.9 Å². The van der Waals surface area contributed by atoms with Crippen LogP contribution in [0.4, 0.5) is 0 Å². The van der Waals surface area contributed by atoms with Crippen molar-refractivity contribution in [1.82, 2.24) is 0 Å². The molecule has 0 saturated heterocycles. The summed E-state index contributed by atoms with van der Waals surface area (Å²) in [5.41, 5.74) is -2.36. The maximum absolute atomic E-state index is 13.9. The first-order valence-electron chi connectivity index (χ1n) is 11.4. The van der Waals surface area contributed by atoms with Gasteiger partial charge in [0.25, 0.3) is 0 Å². The monoisotopic (exact) mass is 502 g/mol. The number of fused-ring (bicyclic) bond motifs is 8. The number of ether oxygens (including phenoxy) is 4. The molecule has 3 atom stereocenters. The van der Waals surface area contributed by atoms with E-state index in [1.165, 1.54) is 0 Å². The van der Waals surface area contributed by atoms with Crippen LogP contribution in [0.2, 0.25) is 0 Å². The lowest BCUT2D eigenvalue weighted by Gasteiger charge is -2.31. The summed E-state index contributed by atoms with van der Waals surface area (Å²) >= 11 is 0. The molecule has 3 aromatic rings. The Morgan fingerprint density at radius 3 is 1.78 bits per heavy atom. The largest absolute Gasteiger partial charge is 0.468 e. The average Bonchev–Trinajstić information content (AvgIpc) is 3.38. The van der Waals surface area contributed by atoms with Gasteiger partial charge in [-0.15, -0.1) is 0 Å². The molecule has 37 heavy (non-hydrogen) atoms. The second-order valence-electron chi connectivity index (χ2n) is 8.74. The van der Waals surface area contributed by atoms with Crippen molar-refractivity contribution in [3.63, 3.8) is 0 Å². The molecule has 5 rings (SSSR count). The fourth-order valence-electron chi connectivity index (χ4n) is 6.07. The van der Waals surface area contributed by atoms with E-state index < -0.39 is 52.5 Å². The Morgan fingerprint density at radius 1 is 0.703 bits per heavy atom. The van der Waals surface area contributed by atoms with Crippen molar-refractivity contribution in [2.45, 2.75) is 11.3 Å². The summed E-state index contributed by atoms with van der Waals surface area (Å²) in [5.74, 6) is -8.14. The number of esters is 4. The molecule has 3 aromatic carbocycles. The van der Waals surface area contributed by atoms with Gasteiger partial charge in [0, 0.05) is 0 Å². The van der Waals surface area contributed by atoms with Gasteiger partial charge in [-0.25, -0.2) is 4.79 Å². The molecule has 0 bridgehead atoms. The van der Waals surface area contributed by atoms with Gasteiger partial charge in [0.1, 0.15) is 22.8 Å². The Bertz CT molecular complexity index is 1580. The minimum atomic E-state index is -2.17. The highest BCUT2D eigenvalue weighted by Crippen LogP contribution is 2.64. The van der Waals surface area contributed by atoms with Gasteiger partial charge in [-0.2, -0.15) is 0 Å². The predicted octanol–water partition coefficient (Wildman–Crippen LogP) is 2.52. The number of methoxy groups -OCH3 is 4. The molecular formula is C28H22O9. The van der Waals surface area contributed by atoms with Gasteiger partial charge >= 0.3 is 23.9 Å². The molecule has 0 radical (unpaired) electrons. The van der Waals surface area contributed by atoms with Crippen LogP contribution < -0.4 is 0 Å². The molecule has 0 N–H and O–H groups in total. The van der Waals surface area contributed by atoms with E-state index in [-0.39, 0.29) is 11.1 Å². The SMILES string of the molecule is COC(=O)C1=C2[C@H](C(=O)OC)c3c(c4ccccc4c4ccccc34)[C@@]2(C(=O)OC)[C@@H](C(=O)OC)C1=O. The summed E-state index contributed by atoms with van der Waals surface area (Å²) in [4.78, 5) is 67.5. The molecule has 0 aliphatic heterocycles. The highest BCUT2D eigenvalue weighted by molar-refractivity contribution is 6.32. The first-order chi connectivity index (χ1) is 17.8. The Morgan fingerprint density at radius 2 is 1.24 bits per heavy atom. The summed E-state index contributed by atoms with van der Waals surface area (Å²) < 4.78 is 20.2. The van der Waals surface area contributed by atoms with Crippen molar-refractivity contribution >= 4 is 51.2 Å². The van der Waals surface area contributed by atoms with Crippen LogP contribution in [-0.2, 0) is 48.3 Å². The molecular weight excluding hydrogens is 480 g/mol. The fourth-order valence-corrected chi connectivity index (χ4v) is 6.07. The Hall–Kier alpha value is -4.53. The number of Topliss-reactive ketones (excluding diaryl/α,β-unsaturated/α-hetero) is 1. The first-order valence-corrected chi connectivity index (χ1v) is 11.4. The highest BCUT2D eigenvalue weighted by Gasteiger charge is 2.72. The standard InChI is InChI=1S/C28H22O9/c1-34-24(30)18-17-15-11-7-5-9-13(15)14-10-6-8-12-16(14)20(17)28(27(33)37-4)21(18)19(25(31)35-2)23(29)22(28)26(32)36-3/h5-12,18,22H,1-4H3/t18-,22-,28+/m1/s1. The molecule has 0 amide bonds. The van der Waals surface area contributed by atoms with Crippen molar-refractivity contribution in [3.05, 3.63) is 70.8 Å². The molecule has 2 aliphatic rings. The van der Waals surface area contributed by atoms with Gasteiger partial charge in [-0.3, -0.25) is 19.2 Å². The number of carbonyl (C=O) groups is 5. The topological polar surface area (TPSA) is 122 Å². The zero-order valence-electron chi connectivity index (χ0n) is 20.4. The maximum Gasteiger partial charge on any atom is 0.341 e. The number of carbonyl (C=O) groups excluding carboxylic acids is 5. The highest BCUT2D eigenvalue weighted by atomic mass is 16.5. The molecule has 0 saturated carbocycles. The third kappa shape index (κ3) is 2.88. The summed E-state index contributed by atoms with van der Waals surface area (Å²) in [6, 6.07) is 14.4. The van der Waals surface area contributed by atoms with E-state index in [2.05, 4.69) is 0 Å². The smallest absolute Gasteiger partial charge is 0.341 e. The summed E-state index contributed by atoms with van der Waals surface area (Å²) in [5, 5.41) is 2.59. The lowest BCUT2D eigenvalue weighted by molar-refractivity contribution is -0.160. The molecule has 0 fully saturated rings. The number of hydrogen-bond acceptors (Lipinski definition) is 9. The normalized spacial score (nSPS) is 22.0. The second-order valence-corrected chi connectivity index (χ2v) is 8.74. The number of benzene rings is 3. The van der Waals surface area contributed by atoms with Crippen molar-refractivity contribution in [2.75, 3.05) is 28.4 Å². The van der Waals surface area contributed by atoms with Gasteiger partial charge < -0.3 is 18.9 Å². The molecule has 2 aliphatic carbocycles. The van der Waals surface area contributed by atoms with E-state index in [0.29, 0.717) is 21.7 Å². The Balaban J connectivity index is 2.13. The van der Waals surface area contributed by atoms with Crippen LogP contribution in [0, 0.1) is 5.92 Å². The van der Waals surface area contributed by atoms with Gasteiger partial charge in [-0.1, -0.05) is 48.5 Å². The Kier molecular flexibility index (Phi) is 5.58. The molecule has 188 valence electrons. The van der Waals surface area contributed by atoms with Gasteiger partial charge in [0.2, 0.25) is 0 Å². The molecule has 9 nitrogen and oxygen atoms in total. The second kappa shape index (κ2) is 8.55. The summed E-state index contributed by atoms with van der Waals surface area (Å²) in [7, 11) is 4.41. The van der Waals surface area contributed by atoms with Gasteiger partial charge in [-0.05, 0) is 38.2 Å². The molecule has 9 heteroatoms. The number of ketones is 1. The van der Waals surface area contributed by atoms with Crippen molar-refractivity contribution in [2.24, 2.45) is 5.92 Å². The van der Waals surface area contributed by atoms with Gasteiger partial charge in [0.05, 0.1) is 28.4 Å². The zero-order chi connectivity index (χ0) is 26.6. The van der Waals surface area contributed by atoms with Crippen LogP contribution in [0.25, 0.3) is 21.5 Å². The van der Waals surface area contributed by atoms with Crippen molar-refractivity contribution in [1.29, 1.82) is 0 Å². The lowest BCUT2D eigenvalue weighted by atomic mass is 9.69. The fraction of sp³-hybridized carbons (Fsp3) is 0.250. The van der Waals surface area contributed by atoms with Crippen molar-refractivity contribution < 1.29 is 42.9 Å². The van der Waals surface area contributed by atoms with Crippen molar-refractivity contribution in [3.8, 4) is 0 Å². The van der Waals surface area contributed by atoms with E-state index in [1.807, 2.05) is 24.3 Å².